The summed E-state index contributed by atoms with van der Waals surface area (Å²) in [5.74, 6) is 0.306. The first-order chi connectivity index (χ1) is 20.2. The van der Waals surface area contributed by atoms with Crippen molar-refractivity contribution in [1.29, 1.82) is 0 Å². The van der Waals surface area contributed by atoms with Crippen molar-refractivity contribution in [3.05, 3.63) is 77.4 Å². The van der Waals surface area contributed by atoms with Crippen molar-refractivity contribution in [2.75, 3.05) is 33.1 Å². The first-order valence-electron chi connectivity index (χ1n) is 14.9. The van der Waals surface area contributed by atoms with E-state index in [9.17, 15) is 18.3 Å². The van der Waals surface area contributed by atoms with Gasteiger partial charge in [0.05, 0.1) is 43.8 Å². The molecule has 1 aliphatic heterocycles. The number of benzene rings is 2. The summed E-state index contributed by atoms with van der Waals surface area (Å²) in [5.41, 5.74) is 3.18. The smallest absolute Gasteiger partial charge is 0.239 e. The van der Waals surface area contributed by atoms with Crippen molar-refractivity contribution in [2.45, 2.75) is 75.8 Å². The number of aliphatic hydroxyl groups is 1. The number of hydrogen-bond donors (Lipinski definition) is 3. The summed E-state index contributed by atoms with van der Waals surface area (Å²) in [7, 11) is -0.552. The Morgan fingerprint density at radius 3 is 2.64 bits per heavy atom. The van der Waals surface area contributed by atoms with Gasteiger partial charge in [0, 0.05) is 20.0 Å². The van der Waals surface area contributed by atoms with Crippen LogP contribution in [0.3, 0.4) is 0 Å². The number of carbonyl (C=O) groups excluding carboxylic acids is 1. The molecule has 0 bridgehead atoms. The van der Waals surface area contributed by atoms with Gasteiger partial charge in [-0.15, -0.1) is 0 Å². The number of carbonyl (C=O) groups is 1. The van der Waals surface area contributed by atoms with Crippen LogP contribution in [0, 0.1) is 0 Å². The van der Waals surface area contributed by atoms with Crippen LogP contribution in [0.2, 0.25) is 0 Å². The molecule has 0 radical (unpaired) electrons. The molecule has 42 heavy (non-hydrogen) atoms. The lowest BCUT2D eigenvalue weighted by Crippen LogP contribution is -2.55. The Hall–Kier alpha value is -2.76. The zero-order valence-corrected chi connectivity index (χ0v) is 25.7. The predicted molar refractivity (Wildman–Crippen MR) is 164 cm³/mol. The zero-order valence-electron chi connectivity index (χ0n) is 24.9. The van der Waals surface area contributed by atoms with Crippen molar-refractivity contribution in [2.24, 2.45) is 0 Å². The van der Waals surface area contributed by atoms with Crippen molar-refractivity contribution in [3.63, 3.8) is 0 Å². The number of β-amino-alcohol motifs (C(OH)–C–C–N with tert-alkyl or cyclic N) is 1. The number of nitrogens with one attached hydrogen (secondary N) is 2. The second-order valence-corrected chi connectivity index (χ2v) is 13.3. The van der Waals surface area contributed by atoms with Crippen molar-refractivity contribution >= 4 is 15.9 Å². The molecule has 5 atom stereocenters. The molecule has 1 amide bonds. The lowest BCUT2D eigenvalue weighted by molar-refractivity contribution is -0.126. The summed E-state index contributed by atoms with van der Waals surface area (Å²) < 4.78 is 39.3. The molecular weight excluding hydrogens is 554 g/mol. The molecule has 0 saturated carbocycles. The maximum absolute atomic E-state index is 13.7. The number of amides is 1. The van der Waals surface area contributed by atoms with Gasteiger partial charge in [-0.2, -0.15) is 4.31 Å². The fraction of sp³-hybridized carbons (Fsp3) is 0.531. The SMILES string of the molecule is CCCCCS(=O)(=O)N(C)[C@H]1CC=CCO[C@H]2Cc3ccc(OC)cc3[C@@H]2NC[C@@H](O)[C@H](Cc2ccccc2)NC1=O. The third-order valence-electron chi connectivity index (χ3n) is 8.24. The van der Waals surface area contributed by atoms with Crippen molar-refractivity contribution in [1.82, 2.24) is 14.9 Å². The molecule has 0 unspecified atom stereocenters. The lowest BCUT2D eigenvalue weighted by atomic mass is 9.99. The molecule has 0 spiro atoms. The number of unbranched alkanes of at least 4 members (excludes halogenated alkanes) is 2. The summed E-state index contributed by atoms with van der Waals surface area (Å²) >= 11 is 0. The van der Waals surface area contributed by atoms with Crippen LogP contribution in [0.1, 0.15) is 55.3 Å². The number of rotatable bonds is 9. The Balaban J connectivity index is 1.62. The van der Waals surface area contributed by atoms with Crippen molar-refractivity contribution < 1.29 is 27.8 Å². The highest BCUT2D eigenvalue weighted by molar-refractivity contribution is 7.89. The quantitative estimate of drug-likeness (QED) is 0.300. The summed E-state index contributed by atoms with van der Waals surface area (Å²) in [6.07, 6.45) is 6.09. The third kappa shape index (κ3) is 8.20. The van der Waals surface area contributed by atoms with E-state index in [4.69, 9.17) is 9.47 Å². The molecule has 1 aliphatic carbocycles. The number of ether oxygens (including phenoxy) is 2. The minimum Gasteiger partial charge on any atom is -0.497 e. The molecule has 1 heterocycles. The third-order valence-corrected chi connectivity index (χ3v) is 10.2. The molecule has 230 valence electrons. The van der Waals surface area contributed by atoms with Crippen LogP contribution < -0.4 is 15.4 Å². The number of hydrogen-bond acceptors (Lipinski definition) is 7. The molecular formula is C32H45N3O6S. The van der Waals surface area contributed by atoms with E-state index in [1.165, 1.54) is 11.4 Å². The van der Waals surface area contributed by atoms with E-state index < -0.39 is 34.1 Å². The molecule has 2 aliphatic rings. The summed E-state index contributed by atoms with van der Waals surface area (Å²) in [5, 5.41) is 18.0. The van der Waals surface area contributed by atoms with Crippen LogP contribution in [0.15, 0.2) is 60.7 Å². The van der Waals surface area contributed by atoms with E-state index in [0.29, 0.717) is 25.9 Å². The molecule has 2 aromatic rings. The Morgan fingerprint density at radius 1 is 1.12 bits per heavy atom. The van der Waals surface area contributed by atoms with Gasteiger partial charge in [-0.25, -0.2) is 8.42 Å². The highest BCUT2D eigenvalue weighted by Crippen LogP contribution is 2.36. The van der Waals surface area contributed by atoms with Gasteiger partial charge in [-0.1, -0.05) is 68.3 Å². The molecule has 0 aromatic heterocycles. The maximum atomic E-state index is 13.7. The maximum Gasteiger partial charge on any atom is 0.239 e. The highest BCUT2D eigenvalue weighted by atomic mass is 32.2. The van der Waals surface area contributed by atoms with E-state index >= 15 is 0 Å². The molecule has 4 rings (SSSR count). The fourth-order valence-electron chi connectivity index (χ4n) is 5.69. The average Bonchev–Trinajstić information content (AvgIpc) is 3.33. The standard InChI is InChI=1S/C32H45N3O6S/c1-4-5-11-18-42(38,39)35(2)28-14-9-10-17-41-30-20-24-15-16-25(40-3)21-26(24)31(30)33-22-29(36)27(34-32(28)37)19-23-12-7-6-8-13-23/h6-10,12-13,15-16,21,27-31,33,36H,4-5,11,14,17-20,22H2,1-3H3,(H,34,37)/t27-,28-,29+,30-,31-/m0/s1. The van der Waals surface area contributed by atoms with Gasteiger partial charge in [-0.05, 0) is 48.1 Å². The van der Waals surface area contributed by atoms with E-state index in [1.807, 2.05) is 67.6 Å². The summed E-state index contributed by atoms with van der Waals surface area (Å²) in [4.78, 5) is 13.7. The molecule has 9 nitrogen and oxygen atoms in total. The van der Waals surface area contributed by atoms with Crippen LogP contribution in [0.4, 0.5) is 0 Å². The van der Waals surface area contributed by atoms with Gasteiger partial charge < -0.3 is 25.2 Å². The predicted octanol–water partition coefficient (Wildman–Crippen LogP) is 3.14. The van der Waals surface area contributed by atoms with Gasteiger partial charge in [-0.3, -0.25) is 4.79 Å². The number of likely N-dealkylation sites (N-methyl/N-ethyl adjacent to an activating group) is 1. The minimum atomic E-state index is -3.66. The summed E-state index contributed by atoms with van der Waals surface area (Å²) in [6.45, 7) is 2.53. The van der Waals surface area contributed by atoms with Crippen LogP contribution >= 0.6 is 0 Å². The first kappa shape index (κ1) is 32.2. The van der Waals surface area contributed by atoms with Crippen molar-refractivity contribution in [3.8, 4) is 5.75 Å². The molecule has 3 N–H and O–H groups in total. The van der Waals surface area contributed by atoms with Gasteiger partial charge in [0.25, 0.3) is 0 Å². The number of sulfonamides is 1. The Bertz CT molecular complexity index is 1300. The Kier molecular flexibility index (Phi) is 11.6. The topological polar surface area (TPSA) is 117 Å². The summed E-state index contributed by atoms with van der Waals surface area (Å²) in [6, 6.07) is 13.9. The largest absolute Gasteiger partial charge is 0.497 e. The fourth-order valence-corrected chi connectivity index (χ4v) is 7.12. The molecule has 10 heteroatoms. The van der Waals surface area contributed by atoms with E-state index in [0.717, 1.165) is 35.3 Å². The van der Waals surface area contributed by atoms with E-state index in [1.54, 1.807) is 7.11 Å². The second kappa shape index (κ2) is 15.1. The Labute approximate surface area is 250 Å². The van der Waals surface area contributed by atoms with Gasteiger partial charge in [0.15, 0.2) is 0 Å². The van der Waals surface area contributed by atoms with Crippen LogP contribution in [0.25, 0.3) is 0 Å². The van der Waals surface area contributed by atoms with E-state index in [2.05, 4.69) is 10.6 Å². The number of nitrogens with zero attached hydrogens (tertiary/aromatic N) is 1. The molecule has 0 fully saturated rings. The minimum absolute atomic E-state index is 0.0116. The Morgan fingerprint density at radius 2 is 1.90 bits per heavy atom. The van der Waals surface area contributed by atoms with Gasteiger partial charge in [0.2, 0.25) is 15.9 Å². The van der Waals surface area contributed by atoms with Gasteiger partial charge in [0.1, 0.15) is 11.8 Å². The highest BCUT2D eigenvalue weighted by Gasteiger charge is 2.36. The first-order valence-corrected chi connectivity index (χ1v) is 16.5. The monoisotopic (exact) mass is 599 g/mol. The number of aliphatic hydroxyl groups excluding tert-OH is 1. The average molecular weight is 600 g/mol. The van der Waals surface area contributed by atoms with Crippen LogP contribution in [0.5, 0.6) is 5.75 Å². The van der Waals surface area contributed by atoms with Gasteiger partial charge >= 0.3 is 0 Å². The van der Waals surface area contributed by atoms with Crippen LogP contribution in [-0.4, -0.2) is 81.1 Å². The van der Waals surface area contributed by atoms with E-state index in [-0.39, 0.29) is 30.9 Å². The second-order valence-electron chi connectivity index (χ2n) is 11.2. The number of fused-ring (bicyclic) bond motifs is 3. The molecule has 0 saturated heterocycles. The van der Waals surface area contributed by atoms with Crippen LogP contribution in [-0.2, 0) is 32.4 Å². The normalized spacial score (nSPS) is 25.4. The zero-order chi connectivity index (χ0) is 30.1. The lowest BCUT2D eigenvalue weighted by Gasteiger charge is -2.31. The molecule has 2 aromatic carbocycles. The number of methoxy groups -OCH3 is 1.